The summed E-state index contributed by atoms with van der Waals surface area (Å²) in [6.07, 6.45) is 8.11. The van der Waals surface area contributed by atoms with Gasteiger partial charge in [-0.3, -0.25) is 9.48 Å². The number of amides is 1. The highest BCUT2D eigenvalue weighted by Crippen LogP contribution is 2.40. The average molecular weight is 480 g/mol. The standard InChI is InChI=1S/C29H29N5O2/c1-18-11-27-21(13-24(18)23-15-31-33(3)16-23)5-4-9-34(27)28-25-12-19(22-8-10-36-17-22)6-7-20(25)14-26(32-28)29(35)30-2/h6-8,11-16H,4-5,9-10,17H2,1-3H3,(H,30,35). The second kappa shape index (κ2) is 8.91. The van der Waals surface area contributed by atoms with E-state index < -0.39 is 0 Å². The lowest BCUT2D eigenvalue weighted by molar-refractivity contribution is 0.0958. The number of nitrogens with zero attached hydrogens (tertiary/aromatic N) is 4. The number of rotatable bonds is 4. The number of anilines is 2. The zero-order valence-corrected chi connectivity index (χ0v) is 20.8. The summed E-state index contributed by atoms with van der Waals surface area (Å²) in [7, 11) is 3.58. The highest BCUT2D eigenvalue weighted by molar-refractivity contribution is 6.02. The number of nitrogens with one attached hydrogen (secondary N) is 1. The summed E-state index contributed by atoms with van der Waals surface area (Å²) in [5.74, 6) is 0.636. The van der Waals surface area contributed by atoms with Gasteiger partial charge in [0, 0.05) is 43.5 Å². The van der Waals surface area contributed by atoms with Crippen molar-refractivity contribution in [3.8, 4) is 11.1 Å². The summed E-state index contributed by atoms with van der Waals surface area (Å²) in [6.45, 7) is 4.25. The number of ether oxygens (including phenoxy) is 1. The highest BCUT2D eigenvalue weighted by atomic mass is 16.5. The van der Waals surface area contributed by atoms with Gasteiger partial charge >= 0.3 is 0 Å². The minimum absolute atomic E-state index is 0.186. The Kier molecular flexibility index (Phi) is 5.57. The van der Waals surface area contributed by atoms with E-state index in [1.807, 2.05) is 24.0 Å². The molecule has 2 aromatic carbocycles. The molecular weight excluding hydrogens is 450 g/mol. The molecule has 4 aromatic rings. The Labute approximate surface area is 210 Å². The molecular formula is C29H29N5O2. The minimum Gasteiger partial charge on any atom is -0.373 e. The maximum Gasteiger partial charge on any atom is 0.269 e. The van der Waals surface area contributed by atoms with Crippen LogP contribution in [0.25, 0.3) is 27.5 Å². The molecule has 0 radical (unpaired) electrons. The van der Waals surface area contributed by atoms with E-state index >= 15 is 0 Å². The van der Waals surface area contributed by atoms with E-state index in [2.05, 4.69) is 64.8 Å². The van der Waals surface area contributed by atoms with Gasteiger partial charge in [0.2, 0.25) is 0 Å². The SMILES string of the molecule is CNC(=O)c1cc2ccc(C3=CCOC3)cc2c(N2CCCc3cc(-c4cnn(C)c4)c(C)cc32)n1. The zero-order chi connectivity index (χ0) is 24.8. The average Bonchev–Trinajstić information content (AvgIpc) is 3.59. The van der Waals surface area contributed by atoms with Gasteiger partial charge in [-0.15, -0.1) is 0 Å². The Balaban J connectivity index is 1.53. The third kappa shape index (κ3) is 3.85. The van der Waals surface area contributed by atoms with Crippen LogP contribution in [0.4, 0.5) is 11.5 Å². The summed E-state index contributed by atoms with van der Waals surface area (Å²) in [4.78, 5) is 19.9. The van der Waals surface area contributed by atoms with Crippen molar-refractivity contribution in [2.75, 3.05) is 31.7 Å². The fraction of sp³-hybridized carbons (Fsp3) is 0.276. The number of aryl methyl sites for hydroxylation is 3. The predicted molar refractivity (Wildman–Crippen MR) is 143 cm³/mol. The monoisotopic (exact) mass is 479 g/mol. The van der Waals surface area contributed by atoms with Crippen LogP contribution in [0.15, 0.2) is 54.9 Å². The molecule has 0 spiro atoms. The Morgan fingerprint density at radius 2 is 2.03 bits per heavy atom. The molecule has 0 saturated heterocycles. The third-order valence-corrected chi connectivity index (χ3v) is 7.16. The molecule has 6 rings (SSSR count). The van der Waals surface area contributed by atoms with Crippen molar-refractivity contribution >= 4 is 33.8 Å². The van der Waals surface area contributed by atoms with Crippen molar-refractivity contribution in [1.29, 1.82) is 0 Å². The molecule has 0 unspecified atom stereocenters. The van der Waals surface area contributed by atoms with Crippen molar-refractivity contribution < 1.29 is 9.53 Å². The first-order chi connectivity index (χ1) is 17.5. The second-order valence-electron chi connectivity index (χ2n) is 9.54. The summed E-state index contributed by atoms with van der Waals surface area (Å²) in [5, 5.41) is 9.13. The van der Waals surface area contributed by atoms with E-state index in [1.54, 1.807) is 7.05 Å². The number of aromatic nitrogens is 3. The zero-order valence-electron chi connectivity index (χ0n) is 20.8. The van der Waals surface area contributed by atoms with Crippen LogP contribution in [0.5, 0.6) is 0 Å². The van der Waals surface area contributed by atoms with Gasteiger partial charge in [-0.05, 0) is 77.2 Å². The van der Waals surface area contributed by atoms with E-state index in [1.165, 1.54) is 22.3 Å². The molecule has 2 aromatic heterocycles. The first kappa shape index (κ1) is 22.5. The minimum atomic E-state index is -0.186. The molecule has 1 N–H and O–H groups in total. The molecule has 0 fully saturated rings. The summed E-state index contributed by atoms with van der Waals surface area (Å²) < 4.78 is 7.40. The van der Waals surface area contributed by atoms with Gasteiger partial charge in [-0.1, -0.05) is 18.2 Å². The molecule has 0 atom stereocenters. The van der Waals surface area contributed by atoms with Crippen molar-refractivity contribution in [1.82, 2.24) is 20.1 Å². The van der Waals surface area contributed by atoms with Gasteiger partial charge in [0.1, 0.15) is 11.5 Å². The molecule has 4 heterocycles. The molecule has 7 heteroatoms. The Hall–Kier alpha value is -3.97. The summed E-state index contributed by atoms with van der Waals surface area (Å²) in [6, 6.07) is 12.8. The predicted octanol–water partition coefficient (Wildman–Crippen LogP) is 4.80. The van der Waals surface area contributed by atoms with E-state index in [-0.39, 0.29) is 5.91 Å². The van der Waals surface area contributed by atoms with Crippen molar-refractivity contribution in [3.05, 3.63) is 77.3 Å². The van der Waals surface area contributed by atoms with Crippen LogP contribution in [-0.4, -0.2) is 47.5 Å². The number of benzene rings is 2. The summed E-state index contributed by atoms with van der Waals surface area (Å²) >= 11 is 0. The lowest BCUT2D eigenvalue weighted by atomic mass is 9.93. The molecule has 182 valence electrons. The molecule has 0 saturated carbocycles. The van der Waals surface area contributed by atoms with Crippen LogP contribution >= 0.6 is 0 Å². The van der Waals surface area contributed by atoms with Crippen LogP contribution in [0.2, 0.25) is 0 Å². The summed E-state index contributed by atoms with van der Waals surface area (Å²) in [5.41, 5.74) is 8.71. The number of carbonyl (C=O) groups is 1. The number of fused-ring (bicyclic) bond motifs is 2. The Morgan fingerprint density at radius 1 is 1.14 bits per heavy atom. The van der Waals surface area contributed by atoms with E-state index in [4.69, 9.17) is 9.72 Å². The number of hydrogen-bond donors (Lipinski definition) is 1. The van der Waals surface area contributed by atoms with Crippen molar-refractivity contribution in [3.63, 3.8) is 0 Å². The van der Waals surface area contributed by atoms with Gasteiger partial charge in [0.05, 0.1) is 19.4 Å². The fourth-order valence-electron chi connectivity index (χ4n) is 5.30. The van der Waals surface area contributed by atoms with E-state index in [9.17, 15) is 4.79 Å². The molecule has 1 amide bonds. The smallest absolute Gasteiger partial charge is 0.269 e. The highest BCUT2D eigenvalue weighted by Gasteiger charge is 2.25. The third-order valence-electron chi connectivity index (χ3n) is 7.16. The van der Waals surface area contributed by atoms with Gasteiger partial charge in [0.15, 0.2) is 0 Å². The number of hydrogen-bond acceptors (Lipinski definition) is 5. The molecule has 0 bridgehead atoms. The lowest BCUT2D eigenvalue weighted by Crippen LogP contribution is -2.27. The largest absolute Gasteiger partial charge is 0.373 e. The van der Waals surface area contributed by atoms with Crippen LogP contribution in [0.1, 0.15) is 33.6 Å². The molecule has 0 aliphatic carbocycles. The molecule has 36 heavy (non-hydrogen) atoms. The quantitative estimate of drug-likeness (QED) is 0.455. The topological polar surface area (TPSA) is 72.3 Å². The van der Waals surface area contributed by atoms with Gasteiger partial charge in [-0.25, -0.2) is 4.98 Å². The first-order valence-corrected chi connectivity index (χ1v) is 12.4. The number of pyridine rings is 1. The number of carbonyl (C=O) groups excluding carboxylic acids is 1. The maximum absolute atomic E-state index is 12.6. The Bertz CT molecular complexity index is 1530. The molecule has 7 nitrogen and oxygen atoms in total. The van der Waals surface area contributed by atoms with Crippen molar-refractivity contribution in [2.45, 2.75) is 19.8 Å². The van der Waals surface area contributed by atoms with Crippen LogP contribution in [-0.2, 0) is 18.2 Å². The fourth-order valence-corrected chi connectivity index (χ4v) is 5.30. The van der Waals surface area contributed by atoms with Gasteiger partial charge in [0.25, 0.3) is 5.91 Å². The van der Waals surface area contributed by atoms with Crippen LogP contribution in [0.3, 0.4) is 0 Å². The van der Waals surface area contributed by atoms with Gasteiger partial charge < -0.3 is 15.0 Å². The van der Waals surface area contributed by atoms with E-state index in [0.29, 0.717) is 18.9 Å². The van der Waals surface area contributed by atoms with Crippen molar-refractivity contribution in [2.24, 2.45) is 7.05 Å². The van der Waals surface area contributed by atoms with E-state index in [0.717, 1.165) is 52.8 Å². The second-order valence-corrected chi connectivity index (χ2v) is 9.54. The molecule has 2 aliphatic heterocycles. The molecule has 2 aliphatic rings. The van der Waals surface area contributed by atoms with Gasteiger partial charge in [-0.2, -0.15) is 5.10 Å². The van der Waals surface area contributed by atoms with Crippen LogP contribution < -0.4 is 10.2 Å². The lowest BCUT2D eigenvalue weighted by Gasteiger charge is -2.32. The van der Waals surface area contributed by atoms with Crippen LogP contribution in [0, 0.1) is 6.92 Å². The Morgan fingerprint density at radius 3 is 2.78 bits per heavy atom. The first-order valence-electron chi connectivity index (χ1n) is 12.4. The maximum atomic E-state index is 12.6. The normalized spacial score (nSPS) is 15.2.